The van der Waals surface area contributed by atoms with Crippen LogP contribution in [0.4, 0.5) is 11.6 Å². The Balaban J connectivity index is 1.97. The average molecular weight is 284 g/mol. The van der Waals surface area contributed by atoms with Gasteiger partial charge >= 0.3 is 0 Å². The molecular formula is C16H20N4O. The molecule has 3 rings (SSSR count). The first-order valence-corrected chi connectivity index (χ1v) is 7.31. The Morgan fingerprint density at radius 1 is 1.24 bits per heavy atom. The van der Waals surface area contributed by atoms with E-state index in [1.165, 1.54) is 0 Å². The number of nitrogens with zero attached hydrogens (tertiary/aromatic N) is 3. The largest absolute Gasteiger partial charge is 0.391 e. The van der Waals surface area contributed by atoms with E-state index in [1.54, 1.807) is 0 Å². The van der Waals surface area contributed by atoms with Crippen molar-refractivity contribution in [2.45, 2.75) is 18.9 Å². The molecule has 0 spiro atoms. The summed E-state index contributed by atoms with van der Waals surface area (Å²) >= 11 is 0. The lowest BCUT2D eigenvalue weighted by Gasteiger charge is -2.31. The Hall–Kier alpha value is -2.14. The van der Waals surface area contributed by atoms with Crippen molar-refractivity contribution in [2.75, 3.05) is 30.4 Å². The number of hydrogen-bond donors (Lipinski definition) is 2. The van der Waals surface area contributed by atoms with Crippen molar-refractivity contribution in [2.24, 2.45) is 0 Å². The van der Waals surface area contributed by atoms with Crippen molar-refractivity contribution in [3.63, 3.8) is 0 Å². The molecule has 0 bridgehead atoms. The van der Waals surface area contributed by atoms with Crippen LogP contribution in [0.25, 0.3) is 11.4 Å². The number of anilines is 2. The van der Waals surface area contributed by atoms with Crippen molar-refractivity contribution in [1.82, 2.24) is 9.97 Å². The normalized spacial score (nSPS) is 18.6. The van der Waals surface area contributed by atoms with Gasteiger partial charge in [0, 0.05) is 31.8 Å². The lowest BCUT2D eigenvalue weighted by molar-refractivity contribution is 0.154. The van der Waals surface area contributed by atoms with E-state index in [0.29, 0.717) is 12.4 Å². The molecule has 1 aromatic carbocycles. The van der Waals surface area contributed by atoms with E-state index in [-0.39, 0.29) is 6.10 Å². The first-order valence-electron chi connectivity index (χ1n) is 7.31. The van der Waals surface area contributed by atoms with E-state index in [9.17, 15) is 5.11 Å². The minimum atomic E-state index is -0.271. The van der Waals surface area contributed by atoms with Crippen LogP contribution in [-0.4, -0.2) is 41.3 Å². The molecule has 0 aliphatic carbocycles. The molecule has 21 heavy (non-hydrogen) atoms. The van der Waals surface area contributed by atoms with E-state index in [4.69, 9.17) is 0 Å². The summed E-state index contributed by atoms with van der Waals surface area (Å²) in [4.78, 5) is 11.3. The fourth-order valence-corrected chi connectivity index (χ4v) is 2.60. The van der Waals surface area contributed by atoms with Gasteiger partial charge in [0.2, 0.25) is 0 Å². The summed E-state index contributed by atoms with van der Waals surface area (Å²) in [7, 11) is 1.85. The summed E-state index contributed by atoms with van der Waals surface area (Å²) < 4.78 is 0. The Kier molecular flexibility index (Phi) is 4.01. The zero-order valence-corrected chi connectivity index (χ0v) is 12.2. The van der Waals surface area contributed by atoms with Crippen LogP contribution in [0.2, 0.25) is 0 Å². The molecule has 0 radical (unpaired) electrons. The molecule has 1 aliphatic rings. The van der Waals surface area contributed by atoms with Crippen LogP contribution in [-0.2, 0) is 0 Å². The van der Waals surface area contributed by atoms with Gasteiger partial charge in [-0.05, 0) is 12.8 Å². The summed E-state index contributed by atoms with van der Waals surface area (Å²) in [6.07, 6.45) is 1.58. The third-order valence-corrected chi connectivity index (χ3v) is 3.72. The zero-order valence-electron chi connectivity index (χ0n) is 12.2. The second-order valence-corrected chi connectivity index (χ2v) is 5.29. The van der Waals surface area contributed by atoms with Gasteiger partial charge in [-0.15, -0.1) is 0 Å². The van der Waals surface area contributed by atoms with Crippen LogP contribution >= 0.6 is 0 Å². The monoisotopic (exact) mass is 284 g/mol. The van der Waals surface area contributed by atoms with Crippen LogP contribution in [0, 0.1) is 0 Å². The van der Waals surface area contributed by atoms with Crippen molar-refractivity contribution in [1.29, 1.82) is 0 Å². The Morgan fingerprint density at radius 2 is 2.05 bits per heavy atom. The highest BCUT2D eigenvalue weighted by Crippen LogP contribution is 2.24. The van der Waals surface area contributed by atoms with Gasteiger partial charge in [0.05, 0.1) is 6.10 Å². The predicted molar refractivity (Wildman–Crippen MR) is 84.5 cm³/mol. The Labute approximate surface area is 124 Å². The highest BCUT2D eigenvalue weighted by atomic mass is 16.3. The van der Waals surface area contributed by atoms with Crippen LogP contribution in [0.1, 0.15) is 12.8 Å². The van der Waals surface area contributed by atoms with E-state index < -0.39 is 0 Å². The van der Waals surface area contributed by atoms with Crippen molar-refractivity contribution >= 4 is 11.6 Å². The maximum absolute atomic E-state index is 9.85. The van der Waals surface area contributed by atoms with Gasteiger partial charge in [-0.25, -0.2) is 9.97 Å². The molecule has 2 N–H and O–H groups in total. The lowest BCUT2D eigenvalue weighted by atomic mass is 10.1. The van der Waals surface area contributed by atoms with Gasteiger partial charge in [-0.2, -0.15) is 0 Å². The van der Waals surface area contributed by atoms with Gasteiger partial charge in [0.1, 0.15) is 11.6 Å². The Bertz CT molecular complexity index is 602. The van der Waals surface area contributed by atoms with Crippen molar-refractivity contribution in [3.05, 3.63) is 36.4 Å². The molecule has 5 nitrogen and oxygen atoms in total. The van der Waals surface area contributed by atoms with E-state index in [0.717, 1.165) is 36.6 Å². The summed E-state index contributed by atoms with van der Waals surface area (Å²) in [6.45, 7) is 1.56. The number of rotatable bonds is 3. The molecule has 110 valence electrons. The number of aliphatic hydroxyl groups is 1. The smallest absolute Gasteiger partial charge is 0.163 e. The van der Waals surface area contributed by atoms with Gasteiger partial charge in [0.25, 0.3) is 0 Å². The molecular weight excluding hydrogens is 264 g/mol. The summed E-state index contributed by atoms with van der Waals surface area (Å²) in [5, 5.41) is 12.9. The number of aromatic nitrogens is 2. The van der Waals surface area contributed by atoms with Crippen molar-refractivity contribution < 1.29 is 5.11 Å². The van der Waals surface area contributed by atoms with Crippen LogP contribution in [0.15, 0.2) is 36.4 Å². The third kappa shape index (κ3) is 3.13. The predicted octanol–water partition coefficient (Wildman–Crippen LogP) is 2.15. The molecule has 1 saturated heterocycles. The molecule has 0 saturated carbocycles. The highest BCUT2D eigenvalue weighted by Gasteiger charge is 2.20. The first kappa shape index (κ1) is 13.8. The number of benzene rings is 1. The molecule has 1 atom stereocenters. The fraction of sp³-hybridized carbons (Fsp3) is 0.375. The molecule has 2 aromatic rings. The summed E-state index contributed by atoms with van der Waals surface area (Å²) in [5.74, 6) is 2.36. The highest BCUT2D eigenvalue weighted by molar-refractivity contribution is 5.61. The number of nitrogens with one attached hydrogen (secondary N) is 1. The molecule has 2 heterocycles. The van der Waals surface area contributed by atoms with E-state index >= 15 is 0 Å². The lowest BCUT2D eigenvalue weighted by Crippen LogP contribution is -2.38. The van der Waals surface area contributed by atoms with Gasteiger partial charge < -0.3 is 15.3 Å². The standard InChI is InChI=1S/C16H20N4O/c1-17-14-10-15(20-9-5-8-13(21)11-20)19-16(18-14)12-6-3-2-4-7-12/h2-4,6-7,10,13,21H,5,8-9,11H2,1H3,(H,17,18,19). The molecule has 5 heteroatoms. The molecule has 1 fully saturated rings. The summed E-state index contributed by atoms with van der Waals surface area (Å²) in [6, 6.07) is 11.9. The van der Waals surface area contributed by atoms with Gasteiger partial charge in [0.15, 0.2) is 5.82 Å². The molecule has 1 aromatic heterocycles. The van der Waals surface area contributed by atoms with Gasteiger partial charge in [-0.3, -0.25) is 0 Å². The fourth-order valence-electron chi connectivity index (χ4n) is 2.60. The molecule has 1 aliphatic heterocycles. The minimum absolute atomic E-state index is 0.271. The van der Waals surface area contributed by atoms with Crippen LogP contribution < -0.4 is 10.2 Å². The topological polar surface area (TPSA) is 61.3 Å². The average Bonchev–Trinajstić information content (AvgIpc) is 2.55. The van der Waals surface area contributed by atoms with Crippen LogP contribution in [0.5, 0.6) is 0 Å². The quantitative estimate of drug-likeness (QED) is 0.904. The number of hydrogen-bond acceptors (Lipinski definition) is 5. The zero-order chi connectivity index (χ0) is 14.7. The Morgan fingerprint density at radius 3 is 2.76 bits per heavy atom. The molecule has 0 amide bonds. The number of aliphatic hydroxyl groups excluding tert-OH is 1. The van der Waals surface area contributed by atoms with E-state index in [1.807, 2.05) is 43.4 Å². The number of β-amino-alcohol motifs (C(OH)–C–C–N with tert-alkyl or cyclic N) is 1. The summed E-state index contributed by atoms with van der Waals surface area (Å²) in [5.41, 5.74) is 0.994. The third-order valence-electron chi connectivity index (χ3n) is 3.72. The van der Waals surface area contributed by atoms with Gasteiger partial charge in [-0.1, -0.05) is 30.3 Å². The maximum atomic E-state index is 9.85. The molecule has 1 unspecified atom stereocenters. The van der Waals surface area contributed by atoms with Crippen LogP contribution in [0.3, 0.4) is 0 Å². The van der Waals surface area contributed by atoms with Crippen molar-refractivity contribution in [3.8, 4) is 11.4 Å². The second-order valence-electron chi connectivity index (χ2n) is 5.29. The minimum Gasteiger partial charge on any atom is -0.391 e. The second kappa shape index (κ2) is 6.10. The maximum Gasteiger partial charge on any atom is 0.163 e. The van der Waals surface area contributed by atoms with E-state index in [2.05, 4.69) is 20.2 Å². The SMILES string of the molecule is CNc1cc(N2CCCC(O)C2)nc(-c2ccccc2)n1. The number of piperidine rings is 1. The first-order chi connectivity index (χ1) is 10.3.